The summed E-state index contributed by atoms with van der Waals surface area (Å²) in [5, 5.41) is 32.2. The number of hydrogen-bond donors (Lipinski definition) is 4. The largest absolute Gasteiger partial charge is 0.396 e. The molecule has 0 bridgehead atoms. The van der Waals surface area contributed by atoms with E-state index in [4.69, 9.17) is 5.11 Å². The van der Waals surface area contributed by atoms with Gasteiger partial charge in [0.1, 0.15) is 0 Å². The number of rotatable bonds is 14. The lowest BCUT2D eigenvalue weighted by Gasteiger charge is -2.19. The van der Waals surface area contributed by atoms with Crippen molar-refractivity contribution in [2.75, 3.05) is 13.2 Å². The van der Waals surface area contributed by atoms with E-state index in [1.807, 2.05) is 6.08 Å². The molecule has 0 aromatic heterocycles. The minimum absolute atomic E-state index is 0.0709. The van der Waals surface area contributed by atoms with E-state index >= 15 is 0 Å². The normalized spacial score (nSPS) is 27.2. The molecule has 4 N–H and O–H groups in total. The van der Waals surface area contributed by atoms with E-state index in [0.717, 1.165) is 57.8 Å². The molecule has 0 radical (unpaired) electrons. The third kappa shape index (κ3) is 8.23. The Labute approximate surface area is 176 Å². The van der Waals surface area contributed by atoms with Gasteiger partial charge in [0, 0.05) is 25.5 Å². The van der Waals surface area contributed by atoms with E-state index in [-0.39, 0.29) is 24.5 Å². The minimum atomic E-state index is -0.398. The number of carbonyl (C=O) groups excluding carboxylic acids is 1. The Bertz CT molecular complexity index is 545. The smallest absolute Gasteiger partial charge is 0.219 e. The fourth-order valence-corrected chi connectivity index (χ4v) is 4.78. The molecule has 0 spiro atoms. The van der Waals surface area contributed by atoms with Crippen LogP contribution in [0.25, 0.3) is 0 Å². The standard InChI is InChI=1S/C24H41NO4/c1-2-3-4-9-20(27)11-12-21-22-16-18(15-19(22)17-23(21)28)8-5-6-10-24(29)25-13-7-14-26/h11-12,15,19-23,26-28H,2-10,13-14,16-17H2,1H3,(H,25,29)/t19-,20-,21+,22-,23+/m0/s1. The first-order valence-electron chi connectivity index (χ1n) is 11.7. The van der Waals surface area contributed by atoms with Crippen molar-refractivity contribution in [2.45, 2.75) is 89.8 Å². The molecule has 29 heavy (non-hydrogen) atoms. The van der Waals surface area contributed by atoms with Crippen LogP contribution >= 0.6 is 0 Å². The van der Waals surface area contributed by atoms with Crippen molar-refractivity contribution in [2.24, 2.45) is 17.8 Å². The van der Waals surface area contributed by atoms with Crippen LogP contribution in [-0.4, -0.2) is 46.6 Å². The Morgan fingerprint density at radius 2 is 2.10 bits per heavy atom. The van der Waals surface area contributed by atoms with E-state index < -0.39 is 6.10 Å². The highest BCUT2D eigenvalue weighted by Crippen LogP contribution is 2.48. The molecule has 166 valence electrons. The van der Waals surface area contributed by atoms with Crippen molar-refractivity contribution in [1.82, 2.24) is 5.32 Å². The van der Waals surface area contributed by atoms with Gasteiger partial charge in [-0.2, -0.15) is 0 Å². The predicted molar refractivity (Wildman–Crippen MR) is 116 cm³/mol. The first kappa shape index (κ1) is 24.1. The SMILES string of the molecule is CCCCC[C@H](O)C=C[C@@H]1[C@H]2CC(CCCCC(=O)NCCCO)=C[C@H]2C[C@H]1O. The monoisotopic (exact) mass is 407 g/mol. The second kappa shape index (κ2) is 13.2. The summed E-state index contributed by atoms with van der Waals surface area (Å²) < 4.78 is 0. The van der Waals surface area contributed by atoms with Gasteiger partial charge in [-0.15, -0.1) is 0 Å². The average Bonchev–Trinajstić information content (AvgIpc) is 3.20. The van der Waals surface area contributed by atoms with Crippen molar-refractivity contribution in [3.8, 4) is 0 Å². The lowest BCUT2D eigenvalue weighted by atomic mass is 9.88. The zero-order valence-electron chi connectivity index (χ0n) is 18.1. The molecule has 0 unspecified atom stereocenters. The van der Waals surface area contributed by atoms with Gasteiger partial charge in [-0.3, -0.25) is 4.79 Å². The maximum atomic E-state index is 11.7. The van der Waals surface area contributed by atoms with Crippen molar-refractivity contribution in [3.05, 3.63) is 23.8 Å². The van der Waals surface area contributed by atoms with Gasteiger partial charge in [-0.1, -0.05) is 50.0 Å². The summed E-state index contributed by atoms with van der Waals surface area (Å²) >= 11 is 0. The van der Waals surface area contributed by atoms with E-state index in [0.29, 0.717) is 31.2 Å². The number of allylic oxidation sites excluding steroid dienone is 2. The first-order chi connectivity index (χ1) is 14.0. The second-order valence-electron chi connectivity index (χ2n) is 8.82. The number of fused-ring (bicyclic) bond motifs is 1. The van der Waals surface area contributed by atoms with Crippen LogP contribution in [-0.2, 0) is 4.79 Å². The fraction of sp³-hybridized carbons (Fsp3) is 0.792. The zero-order valence-corrected chi connectivity index (χ0v) is 18.1. The van der Waals surface area contributed by atoms with Crippen LogP contribution in [0, 0.1) is 17.8 Å². The van der Waals surface area contributed by atoms with Gasteiger partial charge in [0.25, 0.3) is 0 Å². The van der Waals surface area contributed by atoms with Crippen LogP contribution < -0.4 is 5.32 Å². The summed E-state index contributed by atoms with van der Waals surface area (Å²) in [6.45, 7) is 2.82. The maximum Gasteiger partial charge on any atom is 0.219 e. The number of amides is 1. The summed E-state index contributed by atoms with van der Waals surface area (Å²) in [6.07, 6.45) is 15.7. The molecule has 5 atom stereocenters. The van der Waals surface area contributed by atoms with Crippen LogP contribution in [0.4, 0.5) is 0 Å². The summed E-state index contributed by atoms with van der Waals surface area (Å²) in [6, 6.07) is 0. The Kier molecular flexibility index (Phi) is 11.0. The van der Waals surface area contributed by atoms with Crippen molar-refractivity contribution in [3.63, 3.8) is 0 Å². The minimum Gasteiger partial charge on any atom is -0.396 e. The molecular weight excluding hydrogens is 366 g/mol. The van der Waals surface area contributed by atoms with Crippen LogP contribution in [0.15, 0.2) is 23.8 Å². The third-order valence-electron chi connectivity index (χ3n) is 6.42. The van der Waals surface area contributed by atoms with Gasteiger partial charge < -0.3 is 20.6 Å². The van der Waals surface area contributed by atoms with Gasteiger partial charge in [0.2, 0.25) is 5.91 Å². The Hall–Kier alpha value is -1.17. The van der Waals surface area contributed by atoms with Gasteiger partial charge >= 0.3 is 0 Å². The topological polar surface area (TPSA) is 89.8 Å². The summed E-state index contributed by atoms with van der Waals surface area (Å²) in [7, 11) is 0. The third-order valence-corrected chi connectivity index (χ3v) is 6.42. The molecule has 1 amide bonds. The molecule has 5 heteroatoms. The van der Waals surface area contributed by atoms with Crippen molar-refractivity contribution < 1.29 is 20.1 Å². The van der Waals surface area contributed by atoms with Gasteiger partial charge in [-0.05, 0) is 56.8 Å². The Morgan fingerprint density at radius 3 is 2.86 bits per heavy atom. The Morgan fingerprint density at radius 1 is 1.28 bits per heavy atom. The molecule has 1 fully saturated rings. The van der Waals surface area contributed by atoms with Crippen molar-refractivity contribution >= 4 is 5.91 Å². The van der Waals surface area contributed by atoms with Gasteiger partial charge in [0.15, 0.2) is 0 Å². The second-order valence-corrected chi connectivity index (χ2v) is 8.82. The highest BCUT2D eigenvalue weighted by Gasteiger charge is 2.43. The summed E-state index contributed by atoms with van der Waals surface area (Å²) in [5.41, 5.74) is 1.47. The van der Waals surface area contributed by atoms with E-state index in [1.165, 1.54) is 5.57 Å². The highest BCUT2D eigenvalue weighted by atomic mass is 16.3. The molecule has 0 heterocycles. The lowest BCUT2D eigenvalue weighted by Crippen LogP contribution is -2.24. The average molecular weight is 408 g/mol. The molecule has 1 saturated carbocycles. The number of hydrogen-bond acceptors (Lipinski definition) is 4. The first-order valence-corrected chi connectivity index (χ1v) is 11.7. The van der Waals surface area contributed by atoms with Gasteiger partial charge in [-0.25, -0.2) is 0 Å². The van der Waals surface area contributed by atoms with E-state index in [2.05, 4.69) is 24.4 Å². The van der Waals surface area contributed by atoms with Crippen LogP contribution in [0.3, 0.4) is 0 Å². The van der Waals surface area contributed by atoms with Gasteiger partial charge in [0.05, 0.1) is 12.2 Å². The van der Waals surface area contributed by atoms with Crippen LogP contribution in [0.1, 0.15) is 77.6 Å². The molecule has 5 nitrogen and oxygen atoms in total. The van der Waals surface area contributed by atoms with E-state index in [9.17, 15) is 15.0 Å². The summed E-state index contributed by atoms with van der Waals surface area (Å²) in [5.74, 6) is 1.13. The maximum absolute atomic E-state index is 11.7. The molecule has 2 aliphatic rings. The number of aliphatic hydroxyl groups excluding tert-OH is 3. The highest BCUT2D eigenvalue weighted by molar-refractivity contribution is 5.75. The van der Waals surface area contributed by atoms with Crippen LogP contribution in [0.2, 0.25) is 0 Å². The number of carbonyl (C=O) groups is 1. The lowest BCUT2D eigenvalue weighted by molar-refractivity contribution is -0.121. The molecule has 0 saturated heterocycles. The van der Waals surface area contributed by atoms with Crippen LogP contribution in [0.5, 0.6) is 0 Å². The number of unbranched alkanes of at least 4 members (excludes halogenated alkanes) is 3. The number of aliphatic hydroxyl groups is 3. The number of nitrogens with one attached hydrogen (secondary N) is 1. The summed E-state index contributed by atoms with van der Waals surface area (Å²) in [4.78, 5) is 11.7. The molecule has 0 aromatic carbocycles. The van der Waals surface area contributed by atoms with E-state index in [1.54, 1.807) is 0 Å². The van der Waals surface area contributed by atoms with Crippen molar-refractivity contribution in [1.29, 1.82) is 0 Å². The Balaban J connectivity index is 1.69. The fourth-order valence-electron chi connectivity index (χ4n) is 4.78. The molecule has 2 rings (SSSR count). The zero-order chi connectivity index (χ0) is 21.1. The quantitative estimate of drug-likeness (QED) is 0.262. The molecular formula is C24H41NO4. The molecule has 0 aliphatic heterocycles. The molecule has 2 aliphatic carbocycles. The predicted octanol–water partition coefficient (Wildman–Crippen LogP) is 3.49. The molecule has 0 aromatic rings.